The summed E-state index contributed by atoms with van der Waals surface area (Å²) in [7, 11) is 1.48. The highest BCUT2D eigenvalue weighted by Gasteiger charge is 2.31. The lowest BCUT2D eigenvalue weighted by molar-refractivity contribution is -0.138. The predicted octanol–water partition coefficient (Wildman–Crippen LogP) is 3.41. The third-order valence-electron chi connectivity index (χ3n) is 2.06. The molecular weight excluding hydrogens is 287 g/mol. The maximum absolute atomic E-state index is 12.1. The van der Waals surface area contributed by atoms with Crippen LogP contribution in [-0.2, 0) is 0 Å². The fourth-order valence-electron chi connectivity index (χ4n) is 1.29. The van der Waals surface area contributed by atoms with Crippen LogP contribution in [0.3, 0.4) is 0 Å². The summed E-state index contributed by atoms with van der Waals surface area (Å²) in [6, 6.07) is 3.63. The molecule has 0 saturated heterocycles. The first-order valence-electron chi connectivity index (χ1n) is 4.49. The zero-order valence-electron chi connectivity index (χ0n) is 8.51. The molecule has 2 N–H and O–H groups in total. The van der Waals surface area contributed by atoms with E-state index in [1.165, 1.54) is 13.2 Å². The molecule has 0 aliphatic rings. The molecule has 90 valence electrons. The summed E-state index contributed by atoms with van der Waals surface area (Å²) in [5.74, 6) is 0.565. The molecule has 0 bridgehead atoms. The van der Waals surface area contributed by atoms with Gasteiger partial charge in [0.05, 0.1) is 13.5 Å². The number of rotatable bonds is 3. The Hall–Kier alpha value is -0.750. The standard InChI is InChI=1S/C10H11BrF3NO/c1-16-6-2-3-7(8(11)4-6)9(15)5-10(12,13)14/h2-4,9H,5,15H2,1H3. The van der Waals surface area contributed by atoms with Gasteiger partial charge >= 0.3 is 6.18 Å². The highest BCUT2D eigenvalue weighted by atomic mass is 79.9. The SMILES string of the molecule is COc1ccc(C(N)CC(F)(F)F)c(Br)c1. The number of hydrogen-bond acceptors (Lipinski definition) is 2. The number of halogens is 4. The van der Waals surface area contributed by atoms with Crippen LogP contribution in [0.5, 0.6) is 5.75 Å². The Balaban J connectivity index is 2.88. The molecule has 0 fully saturated rings. The van der Waals surface area contributed by atoms with Crippen molar-refractivity contribution < 1.29 is 17.9 Å². The molecule has 1 rings (SSSR count). The lowest BCUT2D eigenvalue weighted by atomic mass is 10.0. The molecule has 0 saturated carbocycles. The lowest BCUT2D eigenvalue weighted by Crippen LogP contribution is -2.20. The molecule has 1 unspecified atom stereocenters. The number of benzene rings is 1. The molecule has 0 heterocycles. The molecule has 6 heteroatoms. The molecule has 1 aromatic rings. The van der Waals surface area contributed by atoms with E-state index in [4.69, 9.17) is 10.5 Å². The number of alkyl halides is 3. The van der Waals surface area contributed by atoms with Crippen molar-refractivity contribution >= 4 is 15.9 Å². The molecule has 0 spiro atoms. The molecule has 0 aliphatic heterocycles. The predicted molar refractivity (Wildman–Crippen MR) is 58.3 cm³/mol. The van der Waals surface area contributed by atoms with Crippen LogP contribution in [0.2, 0.25) is 0 Å². The van der Waals surface area contributed by atoms with Gasteiger partial charge in [-0.1, -0.05) is 22.0 Å². The van der Waals surface area contributed by atoms with Gasteiger partial charge in [-0.3, -0.25) is 0 Å². The van der Waals surface area contributed by atoms with E-state index in [-0.39, 0.29) is 0 Å². The summed E-state index contributed by atoms with van der Waals surface area (Å²) in [5, 5.41) is 0. The topological polar surface area (TPSA) is 35.2 Å². The lowest BCUT2D eigenvalue weighted by Gasteiger charge is -2.16. The molecule has 0 aliphatic carbocycles. The molecule has 0 aromatic heterocycles. The van der Waals surface area contributed by atoms with Crippen LogP contribution < -0.4 is 10.5 Å². The summed E-state index contributed by atoms with van der Waals surface area (Å²) in [4.78, 5) is 0. The molecule has 1 aromatic carbocycles. The smallest absolute Gasteiger partial charge is 0.390 e. The van der Waals surface area contributed by atoms with Crippen molar-refractivity contribution in [3.63, 3.8) is 0 Å². The second kappa shape index (κ2) is 5.05. The Morgan fingerprint density at radius 3 is 2.50 bits per heavy atom. The molecular formula is C10H11BrF3NO. The van der Waals surface area contributed by atoms with Crippen LogP contribution in [0.15, 0.2) is 22.7 Å². The first-order chi connectivity index (χ1) is 7.33. The van der Waals surface area contributed by atoms with Crippen LogP contribution in [0.1, 0.15) is 18.0 Å². The molecule has 0 radical (unpaired) electrons. The Morgan fingerprint density at radius 1 is 1.44 bits per heavy atom. The van der Waals surface area contributed by atoms with E-state index in [0.717, 1.165) is 0 Å². The minimum atomic E-state index is -4.27. The van der Waals surface area contributed by atoms with Crippen LogP contribution in [0.25, 0.3) is 0 Å². The van der Waals surface area contributed by atoms with Crippen LogP contribution >= 0.6 is 15.9 Å². The minimum Gasteiger partial charge on any atom is -0.497 e. The van der Waals surface area contributed by atoms with Crippen molar-refractivity contribution in [2.24, 2.45) is 5.73 Å². The fraction of sp³-hybridized carbons (Fsp3) is 0.400. The molecule has 2 nitrogen and oxygen atoms in total. The quantitative estimate of drug-likeness (QED) is 0.928. The minimum absolute atomic E-state index is 0.415. The van der Waals surface area contributed by atoms with E-state index in [1.54, 1.807) is 12.1 Å². The monoisotopic (exact) mass is 297 g/mol. The summed E-state index contributed by atoms with van der Waals surface area (Å²) < 4.78 is 41.9. The van der Waals surface area contributed by atoms with E-state index in [0.29, 0.717) is 15.8 Å². The van der Waals surface area contributed by atoms with Crippen molar-refractivity contribution in [1.29, 1.82) is 0 Å². The van der Waals surface area contributed by atoms with Gasteiger partial charge in [0.1, 0.15) is 5.75 Å². The third kappa shape index (κ3) is 3.68. The summed E-state index contributed by atoms with van der Waals surface area (Å²) in [5.41, 5.74) is 5.90. The van der Waals surface area contributed by atoms with Crippen molar-refractivity contribution in [3.05, 3.63) is 28.2 Å². The average Bonchev–Trinajstić information content (AvgIpc) is 2.14. The van der Waals surface area contributed by atoms with E-state index < -0.39 is 18.6 Å². The van der Waals surface area contributed by atoms with Gasteiger partial charge in [0.25, 0.3) is 0 Å². The van der Waals surface area contributed by atoms with E-state index in [1.807, 2.05) is 0 Å². The number of ether oxygens (including phenoxy) is 1. The van der Waals surface area contributed by atoms with Gasteiger partial charge in [-0.2, -0.15) is 13.2 Å². The van der Waals surface area contributed by atoms with Gasteiger partial charge in [-0.15, -0.1) is 0 Å². The highest BCUT2D eigenvalue weighted by molar-refractivity contribution is 9.10. The van der Waals surface area contributed by atoms with Gasteiger partial charge in [0, 0.05) is 10.5 Å². The Bertz CT molecular complexity index is 368. The average molecular weight is 298 g/mol. The first-order valence-corrected chi connectivity index (χ1v) is 5.28. The number of methoxy groups -OCH3 is 1. The normalized spacial score (nSPS) is 13.6. The Morgan fingerprint density at radius 2 is 2.06 bits per heavy atom. The molecule has 1 atom stereocenters. The summed E-state index contributed by atoms with van der Waals surface area (Å²) in [6.45, 7) is 0. The molecule has 0 amide bonds. The Labute approximate surface area is 99.7 Å². The van der Waals surface area contributed by atoms with Crippen LogP contribution in [0, 0.1) is 0 Å². The van der Waals surface area contributed by atoms with Crippen molar-refractivity contribution in [2.75, 3.05) is 7.11 Å². The Kier molecular flexibility index (Phi) is 4.21. The number of hydrogen-bond donors (Lipinski definition) is 1. The maximum atomic E-state index is 12.1. The van der Waals surface area contributed by atoms with Crippen LogP contribution in [0.4, 0.5) is 13.2 Å². The van der Waals surface area contributed by atoms with Gasteiger partial charge in [-0.25, -0.2) is 0 Å². The van der Waals surface area contributed by atoms with Crippen molar-refractivity contribution in [2.45, 2.75) is 18.6 Å². The molecule has 16 heavy (non-hydrogen) atoms. The zero-order valence-corrected chi connectivity index (χ0v) is 10.1. The largest absolute Gasteiger partial charge is 0.497 e. The summed E-state index contributed by atoms with van der Waals surface area (Å²) in [6.07, 6.45) is -5.31. The van der Waals surface area contributed by atoms with Gasteiger partial charge < -0.3 is 10.5 Å². The summed E-state index contributed by atoms with van der Waals surface area (Å²) >= 11 is 3.17. The van der Waals surface area contributed by atoms with Gasteiger partial charge in [0.2, 0.25) is 0 Å². The van der Waals surface area contributed by atoms with Gasteiger partial charge in [0.15, 0.2) is 0 Å². The zero-order chi connectivity index (χ0) is 12.3. The third-order valence-corrected chi connectivity index (χ3v) is 2.75. The maximum Gasteiger partial charge on any atom is 0.390 e. The van der Waals surface area contributed by atoms with E-state index in [2.05, 4.69) is 15.9 Å². The van der Waals surface area contributed by atoms with Gasteiger partial charge in [-0.05, 0) is 17.7 Å². The van der Waals surface area contributed by atoms with Crippen molar-refractivity contribution in [1.82, 2.24) is 0 Å². The van der Waals surface area contributed by atoms with Crippen molar-refractivity contribution in [3.8, 4) is 5.75 Å². The second-order valence-electron chi connectivity index (χ2n) is 3.31. The fourth-order valence-corrected chi connectivity index (χ4v) is 1.95. The van der Waals surface area contributed by atoms with E-state index >= 15 is 0 Å². The second-order valence-corrected chi connectivity index (χ2v) is 4.17. The number of nitrogens with two attached hydrogens (primary N) is 1. The van der Waals surface area contributed by atoms with E-state index in [9.17, 15) is 13.2 Å². The first kappa shape index (κ1) is 13.3. The highest BCUT2D eigenvalue weighted by Crippen LogP contribution is 2.33. The van der Waals surface area contributed by atoms with Crippen LogP contribution in [-0.4, -0.2) is 13.3 Å².